The van der Waals surface area contributed by atoms with E-state index in [1.54, 1.807) is 0 Å². The van der Waals surface area contributed by atoms with Gasteiger partial charge in [-0.25, -0.2) is 0 Å². The predicted molar refractivity (Wildman–Crippen MR) is 83.1 cm³/mol. The van der Waals surface area contributed by atoms with Crippen molar-refractivity contribution in [2.24, 2.45) is 23.7 Å². The summed E-state index contributed by atoms with van der Waals surface area (Å²) in [7, 11) is 0. The molecule has 112 valence electrons. The summed E-state index contributed by atoms with van der Waals surface area (Å²) in [5.74, 6) is 4.54. The number of rotatable bonds is 2. The van der Waals surface area contributed by atoms with Crippen molar-refractivity contribution in [2.45, 2.75) is 57.0 Å². The zero-order valence-corrected chi connectivity index (χ0v) is 12.6. The van der Waals surface area contributed by atoms with Gasteiger partial charge in [0, 0.05) is 12.1 Å². The molecule has 0 aliphatic heterocycles. The molecule has 2 N–H and O–H groups in total. The van der Waals surface area contributed by atoms with Crippen molar-refractivity contribution < 1.29 is 5.11 Å². The number of phenols is 1. The molecule has 3 saturated carbocycles. The fourth-order valence-electron chi connectivity index (χ4n) is 6.30. The minimum absolute atomic E-state index is 0.420. The second-order valence-corrected chi connectivity index (χ2v) is 7.90. The van der Waals surface area contributed by atoms with E-state index in [9.17, 15) is 5.11 Å². The highest BCUT2D eigenvalue weighted by molar-refractivity contribution is 5.40. The standard InChI is InChI=1S/C19H25NO/c21-13-5-6-15-11(8-13)4-7-18(15)20-19-10-12-9-17(19)16-3-1-2-14(12)16/h5-6,8,12,14,16-21H,1-4,7,9-10H2. The quantitative estimate of drug-likeness (QED) is 0.865. The molecule has 0 saturated heterocycles. The molecule has 4 aliphatic carbocycles. The molecule has 0 spiro atoms. The van der Waals surface area contributed by atoms with Crippen LogP contribution in [0.1, 0.15) is 55.7 Å². The van der Waals surface area contributed by atoms with Gasteiger partial charge in [-0.1, -0.05) is 12.5 Å². The van der Waals surface area contributed by atoms with Crippen LogP contribution in [0.15, 0.2) is 18.2 Å². The second-order valence-electron chi connectivity index (χ2n) is 7.90. The molecule has 0 amide bonds. The predicted octanol–water partition coefficient (Wildman–Crippen LogP) is 3.79. The van der Waals surface area contributed by atoms with E-state index < -0.39 is 0 Å². The molecule has 6 atom stereocenters. The summed E-state index contributed by atoms with van der Waals surface area (Å²) >= 11 is 0. The van der Waals surface area contributed by atoms with Crippen LogP contribution in [0, 0.1) is 23.7 Å². The summed E-state index contributed by atoms with van der Waals surface area (Å²) in [6.07, 6.45) is 9.76. The van der Waals surface area contributed by atoms with E-state index in [1.165, 1.54) is 49.7 Å². The Balaban J connectivity index is 1.34. The van der Waals surface area contributed by atoms with Crippen LogP contribution in [0.25, 0.3) is 0 Å². The molecule has 0 heterocycles. The molecule has 4 aliphatic rings. The number of nitrogens with one attached hydrogen (secondary N) is 1. The molecule has 0 aromatic heterocycles. The van der Waals surface area contributed by atoms with Gasteiger partial charge in [0.1, 0.15) is 5.75 Å². The van der Waals surface area contributed by atoms with E-state index in [1.807, 2.05) is 12.1 Å². The van der Waals surface area contributed by atoms with Crippen LogP contribution in [0.4, 0.5) is 0 Å². The van der Waals surface area contributed by atoms with Gasteiger partial charge in [-0.3, -0.25) is 0 Å². The van der Waals surface area contributed by atoms with Gasteiger partial charge in [0.15, 0.2) is 0 Å². The smallest absolute Gasteiger partial charge is 0.115 e. The Bertz CT molecular complexity index is 569. The van der Waals surface area contributed by atoms with Gasteiger partial charge in [-0.15, -0.1) is 0 Å². The summed E-state index contributed by atoms with van der Waals surface area (Å²) < 4.78 is 0. The molecule has 2 heteroatoms. The Morgan fingerprint density at radius 2 is 1.90 bits per heavy atom. The third kappa shape index (κ3) is 1.81. The normalized spacial score (nSPS) is 43.2. The third-order valence-corrected chi connectivity index (χ3v) is 7.05. The van der Waals surface area contributed by atoms with Crippen LogP contribution < -0.4 is 5.32 Å². The van der Waals surface area contributed by atoms with E-state index in [0.717, 1.165) is 36.1 Å². The van der Waals surface area contributed by atoms with E-state index in [0.29, 0.717) is 11.8 Å². The molecule has 1 aromatic carbocycles. The fourth-order valence-corrected chi connectivity index (χ4v) is 6.30. The zero-order valence-electron chi connectivity index (χ0n) is 12.6. The highest BCUT2D eigenvalue weighted by Crippen LogP contribution is 2.59. The van der Waals surface area contributed by atoms with Gasteiger partial charge in [-0.05, 0) is 85.5 Å². The average molecular weight is 283 g/mol. The van der Waals surface area contributed by atoms with Gasteiger partial charge in [0.25, 0.3) is 0 Å². The average Bonchev–Trinajstić information content (AvgIpc) is 3.19. The molecule has 6 unspecified atom stereocenters. The molecule has 5 rings (SSSR count). The van der Waals surface area contributed by atoms with Crippen molar-refractivity contribution in [1.29, 1.82) is 0 Å². The lowest BCUT2D eigenvalue weighted by Gasteiger charge is -2.34. The topological polar surface area (TPSA) is 32.3 Å². The summed E-state index contributed by atoms with van der Waals surface area (Å²) in [5, 5.41) is 13.7. The third-order valence-electron chi connectivity index (χ3n) is 7.05. The monoisotopic (exact) mass is 283 g/mol. The highest BCUT2D eigenvalue weighted by Gasteiger charge is 2.54. The number of fused-ring (bicyclic) bond motifs is 6. The number of phenolic OH excluding ortho intramolecular Hbond substituents is 1. The minimum Gasteiger partial charge on any atom is -0.508 e. The first-order chi connectivity index (χ1) is 10.3. The Hall–Kier alpha value is -1.02. The molecule has 21 heavy (non-hydrogen) atoms. The van der Waals surface area contributed by atoms with Crippen LogP contribution in [0.5, 0.6) is 5.75 Å². The van der Waals surface area contributed by atoms with Crippen LogP contribution in [0.2, 0.25) is 0 Å². The number of hydrogen-bond acceptors (Lipinski definition) is 2. The molecule has 0 radical (unpaired) electrons. The van der Waals surface area contributed by atoms with Gasteiger partial charge in [-0.2, -0.15) is 0 Å². The van der Waals surface area contributed by atoms with E-state index >= 15 is 0 Å². The minimum atomic E-state index is 0.420. The van der Waals surface area contributed by atoms with Crippen molar-refractivity contribution >= 4 is 0 Å². The highest BCUT2D eigenvalue weighted by atomic mass is 16.3. The van der Waals surface area contributed by atoms with E-state index in [2.05, 4.69) is 11.4 Å². The van der Waals surface area contributed by atoms with Crippen molar-refractivity contribution in [3.05, 3.63) is 29.3 Å². The SMILES string of the molecule is Oc1ccc2c(c1)CCC2NC1CC2CC1C1CCCC21. The molecule has 3 fully saturated rings. The van der Waals surface area contributed by atoms with Gasteiger partial charge in [0.2, 0.25) is 0 Å². The molecular weight excluding hydrogens is 258 g/mol. The maximum absolute atomic E-state index is 9.64. The molecule has 2 bridgehead atoms. The molecule has 1 aromatic rings. The van der Waals surface area contributed by atoms with Crippen molar-refractivity contribution in [3.63, 3.8) is 0 Å². The lowest BCUT2D eigenvalue weighted by molar-refractivity contribution is 0.197. The van der Waals surface area contributed by atoms with Gasteiger partial charge < -0.3 is 10.4 Å². The Kier molecular flexibility index (Phi) is 2.67. The molecule has 2 nitrogen and oxygen atoms in total. The number of aromatic hydroxyl groups is 1. The maximum Gasteiger partial charge on any atom is 0.115 e. The van der Waals surface area contributed by atoms with Crippen molar-refractivity contribution in [1.82, 2.24) is 5.32 Å². The fraction of sp³-hybridized carbons (Fsp3) is 0.684. The largest absolute Gasteiger partial charge is 0.508 e. The van der Waals surface area contributed by atoms with Gasteiger partial charge >= 0.3 is 0 Å². The first-order valence-electron chi connectivity index (χ1n) is 8.87. The first kappa shape index (κ1) is 12.5. The number of aryl methyl sites for hydroxylation is 1. The number of hydrogen-bond donors (Lipinski definition) is 2. The lowest BCUT2D eigenvalue weighted by Crippen LogP contribution is -2.40. The Morgan fingerprint density at radius 1 is 1.00 bits per heavy atom. The van der Waals surface area contributed by atoms with Crippen LogP contribution >= 0.6 is 0 Å². The van der Waals surface area contributed by atoms with E-state index in [-0.39, 0.29) is 0 Å². The van der Waals surface area contributed by atoms with Crippen molar-refractivity contribution in [3.8, 4) is 5.75 Å². The van der Waals surface area contributed by atoms with Crippen LogP contribution in [-0.2, 0) is 6.42 Å². The zero-order chi connectivity index (χ0) is 14.0. The summed E-state index contributed by atoms with van der Waals surface area (Å²) in [6, 6.07) is 7.25. The van der Waals surface area contributed by atoms with Crippen LogP contribution in [-0.4, -0.2) is 11.1 Å². The van der Waals surface area contributed by atoms with Crippen LogP contribution in [0.3, 0.4) is 0 Å². The summed E-state index contributed by atoms with van der Waals surface area (Å²) in [6.45, 7) is 0. The number of benzene rings is 1. The first-order valence-corrected chi connectivity index (χ1v) is 8.87. The lowest BCUT2D eigenvalue weighted by atomic mass is 9.79. The van der Waals surface area contributed by atoms with E-state index in [4.69, 9.17) is 0 Å². The maximum atomic E-state index is 9.64. The summed E-state index contributed by atoms with van der Waals surface area (Å²) in [5.41, 5.74) is 2.80. The Morgan fingerprint density at radius 3 is 2.86 bits per heavy atom. The Labute approximate surface area is 126 Å². The molecular formula is C19H25NO. The van der Waals surface area contributed by atoms with Crippen molar-refractivity contribution in [2.75, 3.05) is 0 Å². The second kappa shape index (κ2) is 4.49. The van der Waals surface area contributed by atoms with Gasteiger partial charge in [0.05, 0.1) is 0 Å². The summed E-state index contributed by atoms with van der Waals surface area (Å²) in [4.78, 5) is 0.